The molecule has 1 heterocycles. The van der Waals surface area contributed by atoms with Crippen LogP contribution in [0.25, 0.3) is 10.1 Å². The van der Waals surface area contributed by atoms with Gasteiger partial charge in [-0.1, -0.05) is 11.6 Å². The molecule has 106 valence electrons. The smallest absolute Gasteiger partial charge is 0.223 e. The van der Waals surface area contributed by atoms with Gasteiger partial charge in [-0.3, -0.25) is 4.79 Å². The summed E-state index contributed by atoms with van der Waals surface area (Å²) in [4.78, 5) is 11.6. The molecule has 20 heavy (non-hydrogen) atoms. The first-order valence-electron chi connectivity index (χ1n) is 6.70. The van der Waals surface area contributed by atoms with Crippen LogP contribution in [0.1, 0.15) is 18.4 Å². The average Bonchev–Trinajstić information content (AvgIpc) is 3.22. The summed E-state index contributed by atoms with van der Waals surface area (Å²) >= 11 is 7.80. The van der Waals surface area contributed by atoms with Crippen molar-refractivity contribution in [3.05, 3.63) is 28.1 Å². The number of ether oxygens (including phenoxy) is 1. The van der Waals surface area contributed by atoms with Crippen molar-refractivity contribution in [1.82, 2.24) is 5.32 Å². The number of fused-ring (bicyclic) bond motifs is 1. The van der Waals surface area contributed by atoms with Crippen LogP contribution in [-0.2, 0) is 11.2 Å². The molecular weight excluding hydrogens is 294 g/mol. The fraction of sp³-hybridized carbons (Fsp3) is 0.400. The van der Waals surface area contributed by atoms with Crippen LogP contribution in [0.5, 0.6) is 5.75 Å². The number of carbonyl (C=O) groups is 1. The van der Waals surface area contributed by atoms with E-state index in [0.717, 1.165) is 29.3 Å². The minimum absolute atomic E-state index is 0.199. The molecule has 1 saturated carbocycles. The zero-order valence-electron chi connectivity index (χ0n) is 11.2. The first kappa shape index (κ1) is 13.7. The van der Waals surface area contributed by atoms with E-state index in [0.29, 0.717) is 17.3 Å². The van der Waals surface area contributed by atoms with E-state index in [1.54, 1.807) is 18.4 Å². The van der Waals surface area contributed by atoms with E-state index >= 15 is 0 Å². The van der Waals surface area contributed by atoms with Gasteiger partial charge >= 0.3 is 0 Å². The molecule has 0 spiro atoms. The molecule has 0 saturated heterocycles. The summed E-state index contributed by atoms with van der Waals surface area (Å²) in [6.45, 7) is 0.687. The molecule has 1 N–H and O–H groups in total. The van der Waals surface area contributed by atoms with E-state index in [9.17, 15) is 4.79 Å². The number of methoxy groups -OCH3 is 1. The van der Waals surface area contributed by atoms with Crippen LogP contribution in [0.4, 0.5) is 0 Å². The molecule has 1 amide bonds. The van der Waals surface area contributed by atoms with E-state index in [1.165, 1.54) is 5.56 Å². The summed E-state index contributed by atoms with van der Waals surface area (Å²) < 4.78 is 6.41. The van der Waals surface area contributed by atoms with Crippen molar-refractivity contribution in [2.75, 3.05) is 13.7 Å². The van der Waals surface area contributed by atoms with Crippen molar-refractivity contribution in [3.63, 3.8) is 0 Å². The molecule has 3 rings (SSSR count). The van der Waals surface area contributed by atoms with Crippen molar-refractivity contribution in [2.45, 2.75) is 19.3 Å². The number of carbonyl (C=O) groups excluding carboxylic acids is 1. The predicted octanol–water partition coefficient (Wildman–Crippen LogP) is 3.63. The van der Waals surface area contributed by atoms with E-state index in [-0.39, 0.29) is 11.8 Å². The maximum absolute atomic E-state index is 11.6. The van der Waals surface area contributed by atoms with Gasteiger partial charge in [-0.25, -0.2) is 0 Å². The topological polar surface area (TPSA) is 38.3 Å². The maximum Gasteiger partial charge on any atom is 0.223 e. The Morgan fingerprint density at radius 3 is 3.00 bits per heavy atom. The van der Waals surface area contributed by atoms with Gasteiger partial charge in [-0.15, -0.1) is 11.3 Å². The Hall–Kier alpha value is -1.26. The van der Waals surface area contributed by atoms with Crippen molar-refractivity contribution in [1.29, 1.82) is 0 Å². The number of nitrogens with one attached hydrogen (secondary N) is 1. The van der Waals surface area contributed by atoms with Gasteiger partial charge in [0.25, 0.3) is 0 Å². The fourth-order valence-electron chi connectivity index (χ4n) is 2.24. The largest absolute Gasteiger partial charge is 0.495 e. The normalized spacial score (nSPS) is 14.5. The summed E-state index contributed by atoms with van der Waals surface area (Å²) in [5.41, 5.74) is 1.23. The van der Waals surface area contributed by atoms with Gasteiger partial charge in [0.2, 0.25) is 5.91 Å². The molecule has 0 unspecified atom stereocenters. The molecular formula is C15H16ClNO2S. The molecule has 1 aliphatic carbocycles. The van der Waals surface area contributed by atoms with Gasteiger partial charge in [0.1, 0.15) is 5.75 Å². The Bertz CT molecular complexity index is 649. The number of benzene rings is 1. The molecule has 0 atom stereocenters. The highest BCUT2D eigenvalue weighted by Crippen LogP contribution is 2.35. The zero-order valence-corrected chi connectivity index (χ0v) is 12.8. The second-order valence-corrected chi connectivity index (χ2v) is 6.38. The second-order valence-electron chi connectivity index (χ2n) is 5.06. The molecule has 0 aliphatic heterocycles. The lowest BCUT2D eigenvalue weighted by atomic mass is 10.1. The van der Waals surface area contributed by atoms with Crippen LogP contribution < -0.4 is 10.1 Å². The van der Waals surface area contributed by atoms with Gasteiger partial charge in [-0.05, 0) is 47.7 Å². The van der Waals surface area contributed by atoms with Gasteiger partial charge in [0, 0.05) is 17.2 Å². The van der Waals surface area contributed by atoms with E-state index in [1.807, 2.05) is 12.1 Å². The minimum Gasteiger partial charge on any atom is -0.495 e. The van der Waals surface area contributed by atoms with Crippen molar-refractivity contribution in [2.24, 2.45) is 5.92 Å². The summed E-state index contributed by atoms with van der Waals surface area (Å²) in [6, 6.07) is 3.92. The van der Waals surface area contributed by atoms with Crippen molar-refractivity contribution < 1.29 is 9.53 Å². The zero-order chi connectivity index (χ0) is 14.1. The molecule has 1 fully saturated rings. The first-order valence-corrected chi connectivity index (χ1v) is 7.96. The van der Waals surface area contributed by atoms with Crippen LogP contribution in [0.15, 0.2) is 17.5 Å². The van der Waals surface area contributed by atoms with E-state index in [2.05, 4.69) is 10.7 Å². The highest BCUT2D eigenvalue weighted by atomic mass is 35.5. The van der Waals surface area contributed by atoms with E-state index < -0.39 is 0 Å². The maximum atomic E-state index is 11.6. The number of amides is 1. The number of hydrogen-bond donors (Lipinski definition) is 1. The van der Waals surface area contributed by atoms with Crippen LogP contribution in [-0.4, -0.2) is 19.6 Å². The Morgan fingerprint density at radius 2 is 2.30 bits per heavy atom. The summed E-state index contributed by atoms with van der Waals surface area (Å²) in [5.74, 6) is 1.17. The number of rotatable bonds is 5. The molecule has 0 radical (unpaired) electrons. The molecule has 1 aliphatic rings. The highest BCUT2D eigenvalue weighted by molar-refractivity contribution is 7.17. The summed E-state index contributed by atoms with van der Waals surface area (Å²) in [5, 5.41) is 6.92. The highest BCUT2D eigenvalue weighted by Gasteiger charge is 2.29. The Kier molecular flexibility index (Phi) is 3.85. The number of thiophene rings is 1. The lowest BCUT2D eigenvalue weighted by molar-refractivity contribution is -0.122. The molecule has 1 aromatic heterocycles. The quantitative estimate of drug-likeness (QED) is 0.916. The number of hydrogen-bond acceptors (Lipinski definition) is 3. The first-order chi connectivity index (χ1) is 9.69. The molecule has 1 aromatic carbocycles. The monoisotopic (exact) mass is 309 g/mol. The Balaban J connectivity index is 1.72. The molecule has 5 heteroatoms. The van der Waals surface area contributed by atoms with Crippen LogP contribution >= 0.6 is 22.9 Å². The van der Waals surface area contributed by atoms with Gasteiger partial charge in [0.15, 0.2) is 0 Å². The third-order valence-corrected chi connectivity index (χ3v) is 4.86. The Labute approximate surface area is 126 Å². The van der Waals surface area contributed by atoms with Crippen molar-refractivity contribution in [3.8, 4) is 5.75 Å². The fourth-order valence-corrected chi connectivity index (χ4v) is 3.56. The minimum atomic E-state index is 0.199. The third kappa shape index (κ3) is 2.76. The van der Waals surface area contributed by atoms with Gasteiger partial charge in [-0.2, -0.15) is 0 Å². The lowest BCUT2D eigenvalue weighted by Gasteiger charge is -2.06. The van der Waals surface area contributed by atoms with Crippen LogP contribution in [0.2, 0.25) is 5.02 Å². The second kappa shape index (κ2) is 5.62. The van der Waals surface area contributed by atoms with Gasteiger partial charge < -0.3 is 10.1 Å². The van der Waals surface area contributed by atoms with E-state index in [4.69, 9.17) is 16.3 Å². The average molecular weight is 310 g/mol. The molecule has 2 aromatic rings. The predicted molar refractivity (Wildman–Crippen MR) is 82.8 cm³/mol. The van der Waals surface area contributed by atoms with Gasteiger partial charge in [0.05, 0.1) is 12.1 Å². The number of halogens is 1. The molecule has 0 bridgehead atoms. The standard InChI is InChI=1S/C15H16ClNO2S/c1-19-13-6-11-10(8-20-14(11)7-12(13)16)4-5-17-15(18)9-2-3-9/h6-9H,2-5H2,1H3,(H,17,18). The summed E-state index contributed by atoms with van der Waals surface area (Å²) in [6.07, 6.45) is 2.93. The third-order valence-electron chi connectivity index (χ3n) is 3.57. The SMILES string of the molecule is COc1cc2c(CCNC(=O)C3CC3)csc2cc1Cl. The summed E-state index contributed by atoms with van der Waals surface area (Å²) in [7, 11) is 1.62. The van der Waals surface area contributed by atoms with Crippen LogP contribution in [0.3, 0.4) is 0 Å². The van der Waals surface area contributed by atoms with Crippen molar-refractivity contribution >= 4 is 38.9 Å². The lowest BCUT2D eigenvalue weighted by Crippen LogP contribution is -2.26. The molecule has 3 nitrogen and oxygen atoms in total. The van der Waals surface area contributed by atoms with Crippen LogP contribution in [0, 0.1) is 5.92 Å². The Morgan fingerprint density at radius 1 is 1.50 bits per heavy atom.